The number of hydrogen-bond donors (Lipinski definition) is 1. The van der Waals surface area contributed by atoms with Crippen LogP contribution in [-0.4, -0.2) is 31.3 Å². The minimum Gasteiger partial charge on any atom is -0.461 e. The molecule has 2 N–H and O–H groups in total. The minimum atomic E-state index is -2.71. The molecule has 0 spiro atoms. The van der Waals surface area contributed by atoms with Crippen LogP contribution in [0.25, 0.3) is 0 Å². The molecule has 1 aromatic rings. The second kappa shape index (κ2) is 16.4. The summed E-state index contributed by atoms with van der Waals surface area (Å²) in [6.07, 6.45) is 3.47. The van der Waals surface area contributed by atoms with Gasteiger partial charge in [-0.2, -0.15) is 0 Å². The van der Waals surface area contributed by atoms with E-state index in [2.05, 4.69) is 18.9 Å². The summed E-state index contributed by atoms with van der Waals surface area (Å²) >= 11 is 5.70. The summed E-state index contributed by atoms with van der Waals surface area (Å²) in [5.74, 6) is -3.24. The number of carbonyl (C=O) groups excluding carboxylic acids is 2. The SMILES string of the molecule is C=C(C)/C=C(\C)C(C)(F)F.C=C(C)COC(=O)C1(C)CC1.CC(=O)Cc1cc(C)c(Cl)cc1F.CN. The van der Waals surface area contributed by atoms with E-state index in [9.17, 15) is 22.8 Å². The molecule has 0 aromatic heterocycles. The van der Waals surface area contributed by atoms with E-state index in [-0.39, 0.29) is 29.2 Å². The summed E-state index contributed by atoms with van der Waals surface area (Å²) < 4.78 is 42.9. The number of alkyl halides is 2. The molecule has 0 saturated heterocycles. The predicted molar refractivity (Wildman–Crippen MR) is 143 cm³/mol. The van der Waals surface area contributed by atoms with Gasteiger partial charge in [0.05, 0.1) is 5.41 Å². The van der Waals surface area contributed by atoms with Crippen molar-refractivity contribution in [3.63, 3.8) is 0 Å². The molecule has 0 aliphatic heterocycles. The van der Waals surface area contributed by atoms with Crippen molar-refractivity contribution in [2.75, 3.05) is 13.7 Å². The average molecular weight is 532 g/mol. The fourth-order valence-corrected chi connectivity index (χ4v) is 2.52. The average Bonchev–Trinajstić information content (AvgIpc) is 3.50. The number of Topliss-reactive ketones (excluding diaryl/α,β-unsaturated/α-hetero) is 1. The summed E-state index contributed by atoms with van der Waals surface area (Å²) in [4.78, 5) is 21.9. The van der Waals surface area contributed by atoms with Crippen LogP contribution in [0.15, 0.2) is 48.1 Å². The Morgan fingerprint density at radius 3 is 2.00 bits per heavy atom. The van der Waals surface area contributed by atoms with Gasteiger partial charge in [0.2, 0.25) is 0 Å². The van der Waals surface area contributed by atoms with E-state index in [1.807, 2.05) is 13.8 Å². The number of aryl methyl sites for hydroxylation is 1. The lowest BCUT2D eigenvalue weighted by atomic mass is 10.1. The van der Waals surface area contributed by atoms with Crippen molar-refractivity contribution in [1.82, 2.24) is 0 Å². The molecular weight excluding hydrogens is 491 g/mol. The molecule has 0 heterocycles. The molecule has 2 rings (SSSR count). The van der Waals surface area contributed by atoms with Gasteiger partial charge in [-0.1, -0.05) is 42.5 Å². The van der Waals surface area contributed by atoms with Gasteiger partial charge in [0, 0.05) is 18.4 Å². The van der Waals surface area contributed by atoms with Crippen LogP contribution in [0.1, 0.15) is 65.5 Å². The number of ketones is 1. The zero-order chi connectivity index (χ0) is 28.9. The lowest BCUT2D eigenvalue weighted by Crippen LogP contribution is -2.16. The largest absolute Gasteiger partial charge is 0.461 e. The fourth-order valence-electron chi connectivity index (χ4n) is 2.37. The summed E-state index contributed by atoms with van der Waals surface area (Å²) in [6, 6.07) is 2.86. The maximum atomic E-state index is 13.2. The van der Waals surface area contributed by atoms with Crippen molar-refractivity contribution in [3.8, 4) is 0 Å². The highest BCUT2D eigenvalue weighted by atomic mass is 35.5. The Morgan fingerprint density at radius 1 is 1.17 bits per heavy atom. The number of nitrogens with two attached hydrogens (primary N) is 1. The van der Waals surface area contributed by atoms with Crippen molar-refractivity contribution >= 4 is 23.4 Å². The third-order valence-corrected chi connectivity index (χ3v) is 5.27. The highest BCUT2D eigenvalue weighted by Crippen LogP contribution is 2.45. The van der Waals surface area contributed by atoms with Gasteiger partial charge in [-0.15, -0.1) is 0 Å². The summed E-state index contributed by atoms with van der Waals surface area (Å²) in [5.41, 5.74) is 7.14. The first-order chi connectivity index (χ1) is 16.4. The van der Waals surface area contributed by atoms with E-state index < -0.39 is 11.7 Å². The maximum Gasteiger partial charge on any atom is 0.312 e. The quantitative estimate of drug-likeness (QED) is 0.224. The fraction of sp³-hybridized carbons (Fsp3) is 0.500. The molecule has 1 aliphatic carbocycles. The van der Waals surface area contributed by atoms with Crippen LogP contribution in [0.3, 0.4) is 0 Å². The Kier molecular flexibility index (Phi) is 16.3. The first kappa shape index (κ1) is 35.8. The van der Waals surface area contributed by atoms with Crippen LogP contribution >= 0.6 is 11.6 Å². The first-order valence-corrected chi connectivity index (χ1v) is 11.8. The van der Waals surface area contributed by atoms with Crippen molar-refractivity contribution in [1.29, 1.82) is 0 Å². The molecule has 0 atom stereocenters. The van der Waals surface area contributed by atoms with E-state index in [1.165, 1.54) is 33.0 Å². The smallest absolute Gasteiger partial charge is 0.312 e. The number of allylic oxidation sites excluding steroid dienone is 3. The summed E-state index contributed by atoms with van der Waals surface area (Å²) in [6.45, 7) is 18.5. The normalized spacial score (nSPS) is 13.4. The maximum absolute atomic E-state index is 13.2. The molecular formula is C28H41ClF3NO3. The number of halogens is 4. The van der Waals surface area contributed by atoms with Crippen LogP contribution in [-0.2, 0) is 20.7 Å². The van der Waals surface area contributed by atoms with E-state index in [0.717, 1.165) is 30.9 Å². The van der Waals surface area contributed by atoms with Gasteiger partial charge < -0.3 is 10.5 Å². The van der Waals surface area contributed by atoms with E-state index in [0.29, 0.717) is 22.8 Å². The summed E-state index contributed by atoms with van der Waals surface area (Å²) in [7, 11) is 1.50. The molecule has 204 valence electrons. The zero-order valence-electron chi connectivity index (χ0n) is 22.8. The highest BCUT2D eigenvalue weighted by Gasteiger charge is 2.46. The van der Waals surface area contributed by atoms with Crippen molar-refractivity contribution in [2.24, 2.45) is 11.1 Å². The molecule has 1 fully saturated rings. The van der Waals surface area contributed by atoms with Gasteiger partial charge in [-0.3, -0.25) is 9.59 Å². The molecule has 1 aliphatic rings. The van der Waals surface area contributed by atoms with Gasteiger partial charge in [0.1, 0.15) is 18.2 Å². The Labute approximate surface area is 219 Å². The molecule has 1 saturated carbocycles. The van der Waals surface area contributed by atoms with E-state index in [4.69, 9.17) is 16.3 Å². The lowest BCUT2D eigenvalue weighted by molar-refractivity contribution is -0.148. The van der Waals surface area contributed by atoms with Crippen LogP contribution in [0, 0.1) is 18.2 Å². The molecule has 4 nitrogen and oxygen atoms in total. The molecule has 0 unspecified atom stereocenters. The molecule has 8 heteroatoms. The molecule has 0 radical (unpaired) electrons. The van der Waals surface area contributed by atoms with Gasteiger partial charge in [0.25, 0.3) is 5.92 Å². The van der Waals surface area contributed by atoms with Crippen molar-refractivity contribution in [2.45, 2.75) is 73.7 Å². The highest BCUT2D eigenvalue weighted by molar-refractivity contribution is 6.31. The minimum absolute atomic E-state index is 0.0550. The van der Waals surface area contributed by atoms with Crippen molar-refractivity contribution < 1.29 is 27.5 Å². The number of hydrogen-bond acceptors (Lipinski definition) is 4. The Bertz CT molecular complexity index is 946. The second-order valence-electron chi connectivity index (χ2n) is 9.23. The molecule has 0 amide bonds. The molecule has 0 bridgehead atoms. The number of ether oxygens (including phenoxy) is 1. The van der Waals surface area contributed by atoms with Gasteiger partial charge in [0.15, 0.2) is 0 Å². The van der Waals surface area contributed by atoms with Gasteiger partial charge in [-0.25, -0.2) is 13.2 Å². The lowest BCUT2D eigenvalue weighted by Gasteiger charge is -2.09. The van der Waals surface area contributed by atoms with Gasteiger partial charge in [-0.05, 0) is 89.8 Å². The Morgan fingerprint density at radius 2 is 1.67 bits per heavy atom. The number of carbonyl (C=O) groups is 2. The second-order valence-corrected chi connectivity index (χ2v) is 9.63. The number of esters is 1. The number of benzene rings is 1. The molecule has 1 aromatic carbocycles. The molecule has 36 heavy (non-hydrogen) atoms. The topological polar surface area (TPSA) is 69.4 Å². The van der Waals surface area contributed by atoms with E-state index in [1.54, 1.807) is 19.9 Å². The van der Waals surface area contributed by atoms with Crippen LogP contribution in [0.2, 0.25) is 5.02 Å². The predicted octanol–water partition coefficient (Wildman–Crippen LogP) is 7.56. The van der Waals surface area contributed by atoms with Crippen LogP contribution < -0.4 is 5.73 Å². The monoisotopic (exact) mass is 531 g/mol. The standard InChI is InChI=1S/C10H10ClFO.C9H14O2.C8H12F2.CH5N/c1-6-3-8(4-7(2)13)10(12)5-9(6)11;1-7(2)6-11-8(10)9(3)4-5-9;1-6(2)5-7(3)8(4,9)10;1-2/h3,5H,4H2,1-2H3;1,4-6H2,2-3H3;5H,1H2,2-4H3;2H2,1H3/b;;7-5+;. The van der Waals surface area contributed by atoms with Crippen LogP contribution in [0.4, 0.5) is 13.2 Å². The zero-order valence-corrected chi connectivity index (χ0v) is 23.5. The Hall–Kier alpha value is -2.38. The van der Waals surface area contributed by atoms with E-state index >= 15 is 0 Å². The summed E-state index contributed by atoms with van der Waals surface area (Å²) in [5, 5.41) is 0.393. The Balaban J connectivity index is 0. The van der Waals surface area contributed by atoms with Crippen molar-refractivity contribution in [3.05, 3.63) is 70.1 Å². The van der Waals surface area contributed by atoms with Crippen LogP contribution in [0.5, 0.6) is 0 Å². The van der Waals surface area contributed by atoms with Gasteiger partial charge >= 0.3 is 5.97 Å². The first-order valence-electron chi connectivity index (χ1n) is 11.4. The number of rotatable bonds is 7. The third-order valence-electron chi connectivity index (χ3n) is 4.86. The third kappa shape index (κ3) is 15.6.